The number of nitrogens with one attached hydrogen (secondary N) is 1. The summed E-state index contributed by atoms with van der Waals surface area (Å²) in [5.41, 5.74) is -0.0554. The van der Waals surface area contributed by atoms with Crippen molar-refractivity contribution < 1.29 is 4.74 Å². The van der Waals surface area contributed by atoms with E-state index in [1.807, 2.05) is 22.6 Å². The minimum absolute atomic E-state index is 0.0554. The van der Waals surface area contributed by atoms with Crippen LogP contribution in [0.5, 0.6) is 0 Å². The van der Waals surface area contributed by atoms with E-state index in [0.29, 0.717) is 8.82 Å². The lowest BCUT2D eigenvalue weighted by Crippen LogP contribution is -2.19. The summed E-state index contributed by atoms with van der Waals surface area (Å²) in [5.74, 6) is 0. The number of rotatable bonds is 2. The molecule has 0 spiro atoms. The summed E-state index contributed by atoms with van der Waals surface area (Å²) in [6.45, 7) is 1.63. The maximum Gasteiger partial charge on any atom is 0.265 e. The molecule has 0 bridgehead atoms. The number of hydrogen-bond acceptors (Lipinski definition) is 4. The van der Waals surface area contributed by atoms with Crippen molar-refractivity contribution in [1.29, 1.82) is 0 Å². The largest absolute Gasteiger partial charge is 0.381 e. The molecule has 0 amide bonds. The normalized spacial score (nSPS) is 17.9. The molecule has 2 rings (SSSR count). The molecule has 1 saturated heterocycles. The Labute approximate surface area is 105 Å². The van der Waals surface area contributed by atoms with E-state index in [9.17, 15) is 4.79 Å². The minimum Gasteiger partial charge on any atom is -0.381 e. The van der Waals surface area contributed by atoms with Gasteiger partial charge in [0.05, 0.1) is 6.33 Å². The summed E-state index contributed by atoms with van der Waals surface area (Å²) < 4.78 is 5.97. The van der Waals surface area contributed by atoms with Gasteiger partial charge in [0.25, 0.3) is 5.56 Å². The van der Waals surface area contributed by atoms with Gasteiger partial charge in [-0.25, -0.2) is 4.98 Å². The first-order chi connectivity index (χ1) is 7.27. The van der Waals surface area contributed by atoms with Crippen LogP contribution in [-0.2, 0) is 4.74 Å². The van der Waals surface area contributed by atoms with Gasteiger partial charge in [0.15, 0.2) is 0 Å². The first-order valence-electron chi connectivity index (χ1n) is 4.75. The molecule has 15 heavy (non-hydrogen) atoms. The number of H-pyrrole nitrogens is 1. The zero-order chi connectivity index (χ0) is 10.7. The summed E-state index contributed by atoms with van der Waals surface area (Å²) >= 11 is 3.73. The lowest BCUT2D eigenvalue weighted by molar-refractivity contribution is 0.1000. The zero-order valence-electron chi connectivity index (χ0n) is 8.03. The Hall–Kier alpha value is -0.0800. The third-order valence-corrected chi connectivity index (χ3v) is 4.92. The monoisotopic (exact) mass is 338 g/mol. The first-order valence-corrected chi connectivity index (χ1v) is 6.71. The van der Waals surface area contributed by atoms with E-state index in [1.54, 1.807) is 11.8 Å². The highest BCUT2D eigenvalue weighted by Gasteiger charge is 2.17. The van der Waals surface area contributed by atoms with Gasteiger partial charge in [-0.15, -0.1) is 11.8 Å². The molecule has 0 radical (unpaired) electrons. The van der Waals surface area contributed by atoms with E-state index >= 15 is 0 Å². The van der Waals surface area contributed by atoms with Crippen LogP contribution < -0.4 is 5.56 Å². The van der Waals surface area contributed by atoms with Gasteiger partial charge in [-0.2, -0.15) is 0 Å². The van der Waals surface area contributed by atoms with E-state index < -0.39 is 0 Å². The van der Waals surface area contributed by atoms with E-state index in [2.05, 4.69) is 9.97 Å². The molecule has 0 atom stereocenters. The van der Waals surface area contributed by atoms with Gasteiger partial charge in [0.1, 0.15) is 8.60 Å². The van der Waals surface area contributed by atoms with Crippen LogP contribution in [0.3, 0.4) is 0 Å². The van der Waals surface area contributed by atoms with Gasteiger partial charge in [-0.1, -0.05) is 0 Å². The number of halogens is 1. The second-order valence-corrected chi connectivity index (χ2v) is 5.65. The number of hydrogen-bond donors (Lipinski definition) is 1. The van der Waals surface area contributed by atoms with Crippen LogP contribution in [0.2, 0.25) is 0 Å². The van der Waals surface area contributed by atoms with Crippen molar-refractivity contribution in [2.45, 2.75) is 23.1 Å². The van der Waals surface area contributed by atoms with Crippen LogP contribution in [0.15, 0.2) is 16.1 Å². The fourth-order valence-corrected chi connectivity index (χ4v) is 3.13. The highest BCUT2D eigenvalue weighted by atomic mass is 127. The Balaban J connectivity index is 2.09. The molecule has 0 aromatic carbocycles. The Morgan fingerprint density at radius 1 is 1.53 bits per heavy atom. The third kappa shape index (κ3) is 2.94. The van der Waals surface area contributed by atoms with Gasteiger partial charge in [0.2, 0.25) is 0 Å². The van der Waals surface area contributed by atoms with Gasteiger partial charge >= 0.3 is 0 Å². The van der Waals surface area contributed by atoms with E-state index in [1.165, 1.54) is 6.33 Å². The summed E-state index contributed by atoms with van der Waals surface area (Å²) in [6, 6.07) is 0. The molecule has 1 aliphatic rings. The highest BCUT2D eigenvalue weighted by molar-refractivity contribution is 14.1. The topological polar surface area (TPSA) is 55.0 Å². The van der Waals surface area contributed by atoms with E-state index in [0.717, 1.165) is 31.1 Å². The molecule has 2 heterocycles. The van der Waals surface area contributed by atoms with Crippen molar-refractivity contribution in [3.05, 3.63) is 20.3 Å². The predicted molar refractivity (Wildman–Crippen MR) is 67.3 cm³/mol. The molecule has 0 aliphatic carbocycles. The third-order valence-electron chi connectivity index (χ3n) is 2.21. The number of ether oxygens (including phenoxy) is 1. The van der Waals surface area contributed by atoms with Crippen molar-refractivity contribution in [2.24, 2.45) is 0 Å². The Morgan fingerprint density at radius 3 is 3.00 bits per heavy atom. The maximum absolute atomic E-state index is 11.3. The fraction of sp³-hybridized carbons (Fsp3) is 0.556. The van der Waals surface area contributed by atoms with Crippen LogP contribution >= 0.6 is 34.4 Å². The number of nitrogens with zero attached hydrogens (tertiary/aromatic N) is 1. The molecule has 1 aliphatic heterocycles. The standard InChI is InChI=1S/C9H11IN2O2S/c10-7-8(13)11-5-12-9(7)15-6-1-3-14-4-2-6/h5-6H,1-4H2,(H,11,12,13). The summed E-state index contributed by atoms with van der Waals surface area (Å²) in [5, 5.41) is 1.37. The number of thioether (sulfide) groups is 1. The van der Waals surface area contributed by atoms with Crippen LogP contribution in [0.25, 0.3) is 0 Å². The summed E-state index contributed by atoms with van der Waals surface area (Å²) in [4.78, 5) is 18.1. The van der Waals surface area contributed by atoms with Crippen molar-refractivity contribution in [3.8, 4) is 0 Å². The first kappa shape index (κ1) is 11.4. The molecule has 0 unspecified atom stereocenters. The van der Waals surface area contributed by atoms with E-state index in [-0.39, 0.29) is 5.56 Å². The second kappa shape index (κ2) is 5.31. The van der Waals surface area contributed by atoms with Crippen LogP contribution in [0.1, 0.15) is 12.8 Å². The molecule has 82 valence electrons. The molecule has 1 fully saturated rings. The van der Waals surface area contributed by atoms with Crippen molar-refractivity contribution in [3.63, 3.8) is 0 Å². The van der Waals surface area contributed by atoms with Gasteiger partial charge in [-0.05, 0) is 35.4 Å². The van der Waals surface area contributed by atoms with Crippen LogP contribution in [0, 0.1) is 3.57 Å². The quantitative estimate of drug-likeness (QED) is 0.658. The Bertz CT molecular complexity index is 390. The minimum atomic E-state index is -0.0554. The van der Waals surface area contributed by atoms with Crippen LogP contribution in [-0.4, -0.2) is 28.4 Å². The van der Waals surface area contributed by atoms with Crippen molar-refractivity contribution in [2.75, 3.05) is 13.2 Å². The molecular formula is C9H11IN2O2S. The molecule has 1 aromatic rings. The van der Waals surface area contributed by atoms with Crippen molar-refractivity contribution in [1.82, 2.24) is 9.97 Å². The lowest BCUT2D eigenvalue weighted by Gasteiger charge is -2.21. The second-order valence-electron chi connectivity index (χ2n) is 3.28. The molecule has 6 heteroatoms. The Morgan fingerprint density at radius 2 is 2.27 bits per heavy atom. The lowest BCUT2D eigenvalue weighted by atomic mass is 10.2. The molecule has 0 saturated carbocycles. The SMILES string of the molecule is O=c1[nH]cnc(SC2CCOCC2)c1I. The highest BCUT2D eigenvalue weighted by Crippen LogP contribution is 2.29. The summed E-state index contributed by atoms with van der Waals surface area (Å²) in [7, 11) is 0. The van der Waals surface area contributed by atoms with Gasteiger partial charge in [-0.3, -0.25) is 4.79 Å². The Kier molecular flexibility index (Phi) is 4.04. The molecular weight excluding hydrogens is 327 g/mol. The van der Waals surface area contributed by atoms with Crippen molar-refractivity contribution >= 4 is 34.4 Å². The molecule has 1 aromatic heterocycles. The molecule has 1 N–H and O–H groups in total. The average molecular weight is 338 g/mol. The van der Waals surface area contributed by atoms with Crippen LogP contribution in [0.4, 0.5) is 0 Å². The van der Waals surface area contributed by atoms with Gasteiger partial charge in [0, 0.05) is 18.5 Å². The smallest absolute Gasteiger partial charge is 0.265 e. The van der Waals surface area contributed by atoms with Gasteiger partial charge < -0.3 is 9.72 Å². The van der Waals surface area contributed by atoms with E-state index in [4.69, 9.17) is 4.74 Å². The average Bonchev–Trinajstić information content (AvgIpc) is 2.26. The predicted octanol–water partition coefficient (Wildman–Crippen LogP) is 1.65. The summed E-state index contributed by atoms with van der Waals surface area (Å²) in [6.07, 6.45) is 3.54. The number of aromatic nitrogens is 2. The number of aromatic amines is 1. The molecule has 4 nitrogen and oxygen atoms in total. The maximum atomic E-state index is 11.3. The fourth-order valence-electron chi connectivity index (χ4n) is 1.40. The zero-order valence-corrected chi connectivity index (χ0v) is 11.0.